The first-order valence-corrected chi connectivity index (χ1v) is 16.0. The van der Waals surface area contributed by atoms with E-state index in [1.54, 1.807) is 6.92 Å². The quantitative estimate of drug-likeness (QED) is 0.0652. The minimum absolute atomic E-state index is 0.203. The zero-order valence-electron chi connectivity index (χ0n) is 27.0. The third-order valence-electron chi connectivity index (χ3n) is 10.3. The fourth-order valence-electron chi connectivity index (χ4n) is 7.06. The first-order valence-electron chi connectivity index (χ1n) is 16.0. The Hall–Kier alpha value is -0.880. The first-order chi connectivity index (χ1) is 23.4. The Morgan fingerprint density at radius 2 is 1.08 bits per heavy atom. The average Bonchev–Trinajstić information content (AvgIpc) is 3.10. The average molecular weight is 739 g/mol. The van der Waals surface area contributed by atoms with Gasteiger partial charge in [-0.1, -0.05) is 13.3 Å². The van der Waals surface area contributed by atoms with Gasteiger partial charge in [-0.25, -0.2) is 0 Å². The van der Waals surface area contributed by atoms with Crippen LogP contribution in [0.5, 0.6) is 0 Å². The zero-order chi connectivity index (χ0) is 37.6. The Labute approximate surface area is 284 Å². The molecule has 0 aromatic carbocycles. The van der Waals surface area contributed by atoms with Crippen LogP contribution in [0.1, 0.15) is 19.8 Å². The molecule has 22 heteroatoms. The zero-order valence-corrected chi connectivity index (χ0v) is 27.0. The van der Waals surface area contributed by atoms with Crippen molar-refractivity contribution in [1.82, 2.24) is 0 Å². The molecule has 4 heterocycles. The van der Waals surface area contributed by atoms with Gasteiger partial charge in [-0.15, -0.1) is 0 Å². The fourth-order valence-corrected chi connectivity index (χ4v) is 7.06. The van der Waals surface area contributed by atoms with Crippen LogP contribution >= 0.6 is 0 Å². The Bertz CT molecular complexity index is 1120. The molecule has 50 heavy (non-hydrogen) atoms. The summed E-state index contributed by atoms with van der Waals surface area (Å²) in [7, 11) is 0. The van der Waals surface area contributed by atoms with Crippen LogP contribution in [-0.4, -0.2) is 236 Å². The summed E-state index contributed by atoms with van der Waals surface area (Å²) < 4.78 is 32.7. The van der Waals surface area contributed by atoms with Crippen molar-refractivity contribution in [3.63, 3.8) is 0 Å². The van der Waals surface area contributed by atoms with Crippen LogP contribution < -0.4 is 0 Å². The Balaban J connectivity index is 1.70. The predicted octanol–water partition coefficient (Wildman–Crippen LogP) is -9.82. The highest BCUT2D eigenvalue weighted by Gasteiger charge is 2.75. The smallest absolute Gasteiger partial charge is 0.316 e. The van der Waals surface area contributed by atoms with Gasteiger partial charge in [0.15, 0.2) is 34.8 Å². The number of hydrogen-bond acceptors (Lipinski definition) is 22. The van der Waals surface area contributed by atoms with Crippen molar-refractivity contribution in [2.24, 2.45) is 0 Å². The normalized spacial score (nSPS) is 53.3. The van der Waals surface area contributed by atoms with E-state index in [2.05, 4.69) is 0 Å². The molecular formula is C28H50O22. The molecule has 0 bridgehead atoms. The van der Waals surface area contributed by atoms with E-state index in [1.165, 1.54) is 0 Å². The molecule has 0 unspecified atom stereocenters. The van der Waals surface area contributed by atoms with E-state index in [0.29, 0.717) is 6.42 Å². The molecule has 294 valence electrons. The molecule has 0 aliphatic carbocycles. The summed E-state index contributed by atoms with van der Waals surface area (Å²) in [4.78, 5) is 0. The lowest BCUT2D eigenvalue weighted by molar-refractivity contribution is -0.521. The summed E-state index contributed by atoms with van der Waals surface area (Å²) in [5.74, 6) is -3.12. The van der Waals surface area contributed by atoms with Gasteiger partial charge < -0.3 is 105 Å². The second-order valence-electron chi connectivity index (χ2n) is 13.1. The van der Waals surface area contributed by atoms with Crippen molar-refractivity contribution >= 4 is 0 Å². The molecule has 0 aromatic heterocycles. The van der Waals surface area contributed by atoms with Crippen LogP contribution in [0.25, 0.3) is 0 Å². The van der Waals surface area contributed by atoms with Crippen LogP contribution in [0.4, 0.5) is 0 Å². The Kier molecular flexibility index (Phi) is 12.9. The lowest BCUT2D eigenvalue weighted by atomic mass is 9.66. The molecule has 22 nitrogen and oxygen atoms in total. The number of ether oxygens (including phenoxy) is 6. The van der Waals surface area contributed by atoms with E-state index in [-0.39, 0.29) is 13.0 Å². The maximum absolute atomic E-state index is 11.8. The molecule has 4 saturated heterocycles. The van der Waals surface area contributed by atoms with Crippen molar-refractivity contribution in [3.8, 4) is 0 Å². The van der Waals surface area contributed by atoms with Gasteiger partial charge in [-0.3, -0.25) is 4.74 Å². The van der Waals surface area contributed by atoms with Gasteiger partial charge in [-0.05, 0) is 6.42 Å². The molecule has 4 aliphatic rings. The van der Waals surface area contributed by atoms with E-state index >= 15 is 0 Å². The van der Waals surface area contributed by atoms with Gasteiger partial charge in [-0.2, -0.15) is 0 Å². The van der Waals surface area contributed by atoms with Crippen molar-refractivity contribution < 1.29 is 110 Å². The standard InChI is InChI=1S/C28H50O22/c1-2-3-4-47-28(22(40)21(39)27(44,14(8-32)49-28)25(42)10-46-12(6-30)16(34)19(25)37)50-23-17(35)20(38)26(43,13(7-31)48-23)24(41)9-45-11(5-29)15(33)18(24)36/h11-23,29-44H,2-10H2,1H3/t11-,12-,13-,14-,15+,16+,17-,18+,19+,20-,21-,22-,23-,24-,25-,26-,27-,28+/m1/s1. The second-order valence-corrected chi connectivity index (χ2v) is 13.1. The molecule has 0 aromatic rings. The highest BCUT2D eigenvalue weighted by molar-refractivity contribution is 5.21. The van der Waals surface area contributed by atoms with E-state index < -0.39 is 148 Å². The van der Waals surface area contributed by atoms with Crippen LogP contribution in [0, 0.1) is 0 Å². The monoisotopic (exact) mass is 738 g/mol. The highest BCUT2D eigenvalue weighted by atomic mass is 16.9. The van der Waals surface area contributed by atoms with Crippen LogP contribution in [-0.2, 0) is 28.4 Å². The maximum Gasteiger partial charge on any atom is 0.316 e. The maximum atomic E-state index is 11.8. The van der Waals surface area contributed by atoms with Crippen LogP contribution in [0.15, 0.2) is 0 Å². The molecule has 4 rings (SSSR count). The summed E-state index contributed by atoms with van der Waals surface area (Å²) in [5, 5.41) is 173. The molecule has 0 radical (unpaired) electrons. The number of unbranched alkanes of at least 4 members (excludes halogenated alkanes) is 1. The number of hydrogen-bond donors (Lipinski definition) is 16. The van der Waals surface area contributed by atoms with Crippen molar-refractivity contribution in [1.29, 1.82) is 0 Å². The molecule has 0 amide bonds. The van der Waals surface area contributed by atoms with E-state index in [0.717, 1.165) is 0 Å². The van der Waals surface area contributed by atoms with Gasteiger partial charge in [0.2, 0.25) is 0 Å². The third-order valence-corrected chi connectivity index (χ3v) is 10.3. The lowest BCUT2D eigenvalue weighted by Crippen LogP contribution is -2.85. The van der Waals surface area contributed by atoms with Gasteiger partial charge in [0.25, 0.3) is 0 Å². The molecule has 4 fully saturated rings. The molecule has 16 N–H and O–H groups in total. The van der Waals surface area contributed by atoms with Crippen molar-refractivity contribution in [3.05, 3.63) is 0 Å². The predicted molar refractivity (Wildman–Crippen MR) is 154 cm³/mol. The SMILES string of the molecule is CCCCO[C@]1(O[C@H]2O[C@H](CO)[C@](O)([C@@]3(O)CO[C@H](CO)[C@H](O)[C@@H]3O)[C@H](O)[C@H]2O)O[C@H](CO)[C@](O)([C@@]2(O)CO[C@H](CO)[C@H](O)[C@@H]2O)[C@H](O)[C@H]1O. The summed E-state index contributed by atoms with van der Waals surface area (Å²) >= 11 is 0. The van der Waals surface area contributed by atoms with Crippen molar-refractivity contribution in [2.45, 2.75) is 128 Å². The van der Waals surface area contributed by atoms with Crippen LogP contribution in [0.3, 0.4) is 0 Å². The number of aliphatic hydroxyl groups is 16. The summed E-state index contributed by atoms with van der Waals surface area (Å²) in [6, 6.07) is 0. The van der Waals surface area contributed by atoms with Gasteiger partial charge >= 0.3 is 5.97 Å². The summed E-state index contributed by atoms with van der Waals surface area (Å²) in [6.45, 7) is -5.15. The van der Waals surface area contributed by atoms with E-state index in [4.69, 9.17) is 28.4 Å². The van der Waals surface area contributed by atoms with Gasteiger partial charge in [0.1, 0.15) is 67.1 Å². The number of rotatable bonds is 12. The Morgan fingerprint density at radius 3 is 1.52 bits per heavy atom. The third kappa shape index (κ3) is 6.20. The molecule has 18 atom stereocenters. The van der Waals surface area contributed by atoms with E-state index in [1.807, 2.05) is 0 Å². The topological polar surface area (TPSA) is 379 Å². The fraction of sp³-hybridized carbons (Fsp3) is 1.00. The lowest BCUT2D eigenvalue weighted by Gasteiger charge is -2.61. The minimum atomic E-state index is -3.32. The summed E-state index contributed by atoms with van der Waals surface area (Å²) in [5.41, 5.74) is -12.8. The first kappa shape index (κ1) is 41.9. The molecule has 4 aliphatic heterocycles. The van der Waals surface area contributed by atoms with Crippen LogP contribution in [0.2, 0.25) is 0 Å². The number of aliphatic hydroxyl groups excluding tert-OH is 12. The Morgan fingerprint density at radius 1 is 0.600 bits per heavy atom. The highest BCUT2D eigenvalue weighted by Crippen LogP contribution is 2.49. The van der Waals surface area contributed by atoms with Gasteiger partial charge in [0.05, 0.1) is 46.2 Å². The largest absolute Gasteiger partial charge is 0.394 e. The second kappa shape index (κ2) is 15.5. The molecule has 0 spiro atoms. The van der Waals surface area contributed by atoms with Gasteiger partial charge in [0, 0.05) is 0 Å². The molecular weight excluding hydrogens is 688 g/mol. The minimum Gasteiger partial charge on any atom is -0.394 e. The van der Waals surface area contributed by atoms with E-state index in [9.17, 15) is 81.7 Å². The summed E-state index contributed by atoms with van der Waals surface area (Å²) in [6.07, 6.45) is -28.7. The van der Waals surface area contributed by atoms with Crippen molar-refractivity contribution in [2.75, 3.05) is 46.2 Å². The molecule has 0 saturated carbocycles.